The summed E-state index contributed by atoms with van der Waals surface area (Å²) in [6.07, 6.45) is 7.84. The van der Waals surface area contributed by atoms with Gasteiger partial charge in [-0.1, -0.05) is 25.0 Å². The first kappa shape index (κ1) is 25.4. The third-order valence-electron chi connectivity index (χ3n) is 12.9. The average molecular weight is 573 g/mol. The van der Waals surface area contributed by atoms with Gasteiger partial charge in [-0.05, 0) is 86.5 Å². The van der Waals surface area contributed by atoms with Crippen LogP contribution in [0.2, 0.25) is 0 Å². The molecule has 2 aromatic rings. The van der Waals surface area contributed by atoms with Gasteiger partial charge in [-0.15, -0.1) is 0 Å². The fourth-order valence-corrected chi connectivity index (χ4v) is 11.3. The average Bonchev–Trinajstić information content (AvgIpc) is 3.50. The molecule has 2 aromatic carbocycles. The Morgan fingerprint density at radius 2 is 1.07 bits per heavy atom. The van der Waals surface area contributed by atoms with Crippen LogP contribution < -0.4 is 9.47 Å². The molecule has 0 saturated heterocycles. The second-order valence-corrected chi connectivity index (χ2v) is 14.2. The molecule has 8 aliphatic rings. The van der Waals surface area contributed by atoms with Gasteiger partial charge in [0.1, 0.15) is 0 Å². The largest absolute Gasteiger partial charge is 0.504 e. The first-order valence-corrected chi connectivity index (χ1v) is 15.7. The molecule has 220 valence electrons. The van der Waals surface area contributed by atoms with Gasteiger partial charge >= 0.3 is 0 Å². The Bertz CT molecular complexity index is 1480. The van der Waals surface area contributed by atoms with E-state index < -0.39 is 34.2 Å². The topological polar surface area (TPSA) is 134 Å². The predicted molar refractivity (Wildman–Crippen MR) is 149 cm³/mol. The van der Waals surface area contributed by atoms with E-state index >= 15 is 0 Å². The number of phenols is 2. The van der Waals surface area contributed by atoms with Crippen LogP contribution >= 0.6 is 0 Å². The predicted octanol–water partition coefficient (Wildman–Crippen LogP) is 3.68. The van der Waals surface area contributed by atoms with Crippen LogP contribution in [0.1, 0.15) is 86.5 Å². The standard InChI is InChI=1S/2C17H18O4/c2*18-11-4-3-9-8-10-2-1-6-16-13(9)14(11)21-15(16)12(19)5-7-17(10,16)20/h2*3-4,10,15,18,20H,1-2,5-8H2/t2*10?,15-,16-,17+/m10/s1. The lowest BCUT2D eigenvalue weighted by atomic mass is 9.46. The lowest BCUT2D eigenvalue weighted by Gasteiger charge is -2.59. The first-order chi connectivity index (χ1) is 20.2. The third-order valence-corrected chi connectivity index (χ3v) is 12.9. The molecule has 4 saturated carbocycles. The molecule has 0 aromatic heterocycles. The Kier molecular flexibility index (Phi) is 4.77. The summed E-state index contributed by atoms with van der Waals surface area (Å²) in [6.45, 7) is 0. The number of benzene rings is 2. The van der Waals surface area contributed by atoms with Crippen molar-refractivity contribution in [2.75, 3.05) is 0 Å². The van der Waals surface area contributed by atoms with E-state index in [1.807, 2.05) is 12.1 Å². The summed E-state index contributed by atoms with van der Waals surface area (Å²) in [5.74, 6) is 1.64. The minimum absolute atomic E-state index is 0.0729. The first-order valence-electron chi connectivity index (χ1n) is 15.7. The summed E-state index contributed by atoms with van der Waals surface area (Å²) < 4.78 is 11.9. The van der Waals surface area contributed by atoms with Gasteiger partial charge in [0.2, 0.25) is 0 Å². The molecule has 6 aliphatic carbocycles. The van der Waals surface area contributed by atoms with E-state index in [1.165, 1.54) is 0 Å². The van der Waals surface area contributed by atoms with E-state index in [2.05, 4.69) is 0 Å². The van der Waals surface area contributed by atoms with Crippen LogP contribution in [0.25, 0.3) is 0 Å². The minimum Gasteiger partial charge on any atom is -0.504 e. The summed E-state index contributed by atoms with van der Waals surface area (Å²) in [5.41, 5.74) is 1.22. The second kappa shape index (κ2) is 7.88. The molecule has 2 unspecified atom stereocenters. The molecule has 4 fully saturated rings. The SMILES string of the molecule is O=C1CC[C@@]2(O)C3CCC[C@@]24c2c(ccc(O)c2O[C@@H]14)C3.O=C1CC[C@]2(O)C3CCC[C@]24c2c(ccc(O)c2O[C@H]14)C3. The van der Waals surface area contributed by atoms with Crippen molar-refractivity contribution in [3.8, 4) is 23.0 Å². The molecule has 2 heterocycles. The highest BCUT2D eigenvalue weighted by atomic mass is 16.5. The summed E-state index contributed by atoms with van der Waals surface area (Å²) in [4.78, 5) is 24.9. The Labute approximate surface area is 243 Å². The highest BCUT2D eigenvalue weighted by molar-refractivity contribution is 5.90. The van der Waals surface area contributed by atoms with Crippen LogP contribution in [-0.4, -0.2) is 55.4 Å². The zero-order valence-corrected chi connectivity index (χ0v) is 23.5. The lowest BCUT2D eigenvalue weighted by molar-refractivity contribution is -0.177. The van der Waals surface area contributed by atoms with Crippen LogP contribution in [0.4, 0.5) is 0 Å². The monoisotopic (exact) mass is 572 g/mol. The van der Waals surface area contributed by atoms with Crippen molar-refractivity contribution < 1.29 is 39.5 Å². The van der Waals surface area contributed by atoms with Crippen LogP contribution in [0.15, 0.2) is 24.3 Å². The Morgan fingerprint density at radius 3 is 1.50 bits per heavy atom. The Balaban J connectivity index is 0.000000119. The summed E-state index contributed by atoms with van der Waals surface area (Å²) >= 11 is 0. The van der Waals surface area contributed by atoms with Crippen molar-refractivity contribution in [3.63, 3.8) is 0 Å². The number of Topliss-reactive ketones (excluding diaryl/α,β-unsaturated/α-hetero) is 2. The van der Waals surface area contributed by atoms with Crippen LogP contribution in [0, 0.1) is 11.8 Å². The van der Waals surface area contributed by atoms with E-state index in [4.69, 9.17) is 9.47 Å². The number of aromatic hydroxyl groups is 2. The lowest BCUT2D eigenvalue weighted by Crippen LogP contribution is -2.69. The van der Waals surface area contributed by atoms with E-state index in [0.717, 1.165) is 73.6 Å². The smallest absolute Gasteiger partial charge is 0.174 e. The van der Waals surface area contributed by atoms with E-state index in [0.29, 0.717) is 37.2 Å². The highest BCUT2D eigenvalue weighted by Gasteiger charge is 2.73. The molecular formula is C34H36O8. The van der Waals surface area contributed by atoms with Crippen LogP contribution in [-0.2, 0) is 33.3 Å². The van der Waals surface area contributed by atoms with Crippen molar-refractivity contribution in [3.05, 3.63) is 46.5 Å². The zero-order chi connectivity index (χ0) is 28.8. The number of aliphatic hydroxyl groups is 2. The fraction of sp³-hybridized carbons (Fsp3) is 0.588. The third kappa shape index (κ3) is 2.61. The zero-order valence-electron chi connectivity index (χ0n) is 23.5. The van der Waals surface area contributed by atoms with Gasteiger partial charge in [-0.3, -0.25) is 9.59 Å². The van der Waals surface area contributed by atoms with Gasteiger partial charge in [-0.2, -0.15) is 0 Å². The maximum absolute atomic E-state index is 12.5. The molecule has 4 bridgehead atoms. The summed E-state index contributed by atoms with van der Waals surface area (Å²) in [5, 5.41) is 43.3. The van der Waals surface area contributed by atoms with Crippen molar-refractivity contribution in [2.45, 2.75) is 111 Å². The van der Waals surface area contributed by atoms with Gasteiger partial charge in [0.25, 0.3) is 0 Å². The normalized spacial score (nSPS) is 42.4. The molecule has 0 amide bonds. The van der Waals surface area contributed by atoms with Crippen LogP contribution in [0.3, 0.4) is 0 Å². The molecular weight excluding hydrogens is 536 g/mol. The molecule has 10 rings (SSSR count). The van der Waals surface area contributed by atoms with Gasteiger partial charge in [0.05, 0.1) is 22.0 Å². The van der Waals surface area contributed by atoms with Gasteiger partial charge in [-0.25, -0.2) is 0 Å². The Hall–Kier alpha value is -3.10. The molecule has 8 heteroatoms. The van der Waals surface area contributed by atoms with Crippen molar-refractivity contribution in [2.24, 2.45) is 11.8 Å². The minimum atomic E-state index is -0.851. The van der Waals surface area contributed by atoms with Crippen molar-refractivity contribution in [1.82, 2.24) is 0 Å². The van der Waals surface area contributed by atoms with Crippen LogP contribution in [0.5, 0.6) is 23.0 Å². The highest BCUT2D eigenvalue weighted by Crippen LogP contribution is 2.68. The quantitative estimate of drug-likeness (QED) is 0.376. The van der Waals surface area contributed by atoms with E-state index in [-0.39, 0.29) is 34.9 Å². The molecule has 8 atom stereocenters. The number of hydrogen-bond acceptors (Lipinski definition) is 8. The number of ketones is 2. The summed E-state index contributed by atoms with van der Waals surface area (Å²) in [7, 11) is 0. The molecule has 4 N–H and O–H groups in total. The van der Waals surface area contributed by atoms with Crippen molar-refractivity contribution in [1.29, 1.82) is 0 Å². The Morgan fingerprint density at radius 1 is 0.643 bits per heavy atom. The molecule has 2 spiro atoms. The maximum atomic E-state index is 12.5. The molecule has 42 heavy (non-hydrogen) atoms. The van der Waals surface area contributed by atoms with Crippen molar-refractivity contribution >= 4 is 11.6 Å². The van der Waals surface area contributed by atoms with Gasteiger partial charge in [0.15, 0.2) is 46.8 Å². The van der Waals surface area contributed by atoms with E-state index in [1.54, 1.807) is 12.1 Å². The molecule has 0 radical (unpaired) electrons. The maximum Gasteiger partial charge on any atom is 0.174 e. The summed E-state index contributed by atoms with van der Waals surface area (Å²) in [6, 6.07) is 7.21. The molecule has 8 nitrogen and oxygen atoms in total. The number of carbonyl (C=O) groups is 2. The fourth-order valence-electron chi connectivity index (χ4n) is 11.3. The number of carbonyl (C=O) groups excluding carboxylic acids is 2. The van der Waals surface area contributed by atoms with Gasteiger partial charge < -0.3 is 29.9 Å². The second-order valence-electron chi connectivity index (χ2n) is 14.2. The molecule has 2 aliphatic heterocycles. The number of hydrogen-bond donors (Lipinski definition) is 4. The number of phenolic OH excluding ortho intramolecular Hbond substituents is 2. The van der Waals surface area contributed by atoms with Gasteiger partial charge in [0, 0.05) is 24.0 Å². The van der Waals surface area contributed by atoms with E-state index in [9.17, 15) is 30.0 Å². The number of rotatable bonds is 0. The number of ether oxygens (including phenoxy) is 2.